The first-order valence-corrected chi connectivity index (χ1v) is 3.74. The van der Waals surface area contributed by atoms with Gasteiger partial charge in [0.2, 0.25) is 0 Å². The van der Waals surface area contributed by atoms with Gasteiger partial charge in [-0.15, -0.1) is 0 Å². The largest absolute Gasteiger partial charge is 0.378 e. The van der Waals surface area contributed by atoms with E-state index in [1.165, 1.54) is 0 Å². The fraction of sp³-hybridized carbons (Fsp3) is 1.00. The Labute approximate surface area is 59.6 Å². The van der Waals surface area contributed by atoms with Crippen molar-refractivity contribution in [2.45, 2.75) is 31.2 Å². The van der Waals surface area contributed by atoms with Crippen LogP contribution >= 0.6 is 0 Å². The summed E-state index contributed by atoms with van der Waals surface area (Å²) in [4.78, 5) is 0. The Kier molecular flexibility index (Phi) is 1.27. The zero-order chi connectivity index (χ0) is 7.19. The highest BCUT2D eigenvalue weighted by Gasteiger charge is 2.45. The second-order valence-corrected chi connectivity index (χ2v) is 3.35. The third-order valence-corrected chi connectivity index (χ3v) is 2.46. The van der Waals surface area contributed by atoms with Gasteiger partial charge in [0, 0.05) is 19.4 Å². The Hall–Kier alpha value is -0.120. The molecule has 0 bridgehead atoms. The van der Waals surface area contributed by atoms with Gasteiger partial charge >= 0.3 is 0 Å². The van der Waals surface area contributed by atoms with Crippen LogP contribution in [0.3, 0.4) is 0 Å². The predicted octanol–water partition coefficient (Wildman–Crippen LogP) is -0.134. The van der Waals surface area contributed by atoms with Crippen molar-refractivity contribution < 1.29 is 14.9 Å². The zero-order valence-electron chi connectivity index (χ0n) is 5.79. The van der Waals surface area contributed by atoms with Crippen LogP contribution in [0, 0.1) is 5.92 Å². The summed E-state index contributed by atoms with van der Waals surface area (Å²) in [6.45, 7) is 0.797. The van der Waals surface area contributed by atoms with Crippen molar-refractivity contribution in [3.63, 3.8) is 0 Å². The Morgan fingerprint density at radius 2 is 2.10 bits per heavy atom. The van der Waals surface area contributed by atoms with E-state index in [1.54, 1.807) is 0 Å². The summed E-state index contributed by atoms with van der Waals surface area (Å²) >= 11 is 0. The van der Waals surface area contributed by atoms with Gasteiger partial charge in [-0.2, -0.15) is 0 Å². The van der Waals surface area contributed by atoms with Gasteiger partial charge < -0.3 is 14.9 Å². The molecule has 1 heterocycles. The molecule has 1 saturated heterocycles. The molecule has 3 nitrogen and oxygen atoms in total. The highest BCUT2D eigenvalue weighted by atomic mass is 16.5. The van der Waals surface area contributed by atoms with E-state index in [0.29, 0.717) is 18.8 Å². The van der Waals surface area contributed by atoms with E-state index >= 15 is 0 Å². The van der Waals surface area contributed by atoms with E-state index in [-0.39, 0.29) is 6.10 Å². The lowest BCUT2D eigenvalue weighted by molar-refractivity contribution is -0.162. The molecular weight excluding hydrogens is 132 g/mol. The smallest absolute Gasteiger partial charge is 0.165 e. The average Bonchev–Trinajstić information content (AvgIpc) is 2.20. The minimum atomic E-state index is -1.43. The molecule has 0 aromatic carbocycles. The molecule has 2 rings (SSSR count). The van der Waals surface area contributed by atoms with Crippen molar-refractivity contribution in [3.05, 3.63) is 0 Å². The standard InChI is InChI=1S/C7H12O3/c8-7(9)3-5-1-2-10-6(5)4-7/h5-6,8-9H,1-4H2. The summed E-state index contributed by atoms with van der Waals surface area (Å²) in [5.74, 6) is -1.04. The van der Waals surface area contributed by atoms with Gasteiger partial charge in [-0.1, -0.05) is 0 Å². The quantitative estimate of drug-likeness (QED) is 0.465. The predicted molar refractivity (Wildman–Crippen MR) is 34.2 cm³/mol. The van der Waals surface area contributed by atoms with Gasteiger partial charge in [0.25, 0.3) is 0 Å². The molecule has 0 spiro atoms. The number of hydrogen-bond donors (Lipinski definition) is 2. The van der Waals surface area contributed by atoms with Crippen LogP contribution in [0.2, 0.25) is 0 Å². The fourth-order valence-electron chi connectivity index (χ4n) is 1.98. The minimum Gasteiger partial charge on any atom is -0.378 e. The summed E-state index contributed by atoms with van der Waals surface area (Å²) in [5, 5.41) is 18.4. The first-order valence-electron chi connectivity index (χ1n) is 3.74. The van der Waals surface area contributed by atoms with Gasteiger partial charge in [0.1, 0.15) is 0 Å². The van der Waals surface area contributed by atoms with E-state index in [1.807, 2.05) is 0 Å². The van der Waals surface area contributed by atoms with E-state index in [2.05, 4.69) is 0 Å². The Morgan fingerprint density at radius 3 is 2.80 bits per heavy atom. The van der Waals surface area contributed by atoms with E-state index in [0.717, 1.165) is 13.0 Å². The molecule has 2 fully saturated rings. The number of aliphatic hydroxyl groups is 2. The molecule has 1 aliphatic carbocycles. The summed E-state index contributed by atoms with van der Waals surface area (Å²) in [5.41, 5.74) is 0. The topological polar surface area (TPSA) is 49.7 Å². The number of hydrogen-bond acceptors (Lipinski definition) is 3. The van der Waals surface area contributed by atoms with Crippen LogP contribution < -0.4 is 0 Å². The number of ether oxygens (including phenoxy) is 1. The van der Waals surface area contributed by atoms with Gasteiger partial charge in [-0.3, -0.25) is 0 Å². The summed E-state index contributed by atoms with van der Waals surface area (Å²) < 4.78 is 5.29. The molecule has 0 aromatic rings. The normalized spacial score (nSPS) is 43.8. The number of fused-ring (bicyclic) bond motifs is 1. The van der Waals surface area contributed by atoms with Gasteiger partial charge in [-0.05, 0) is 12.3 Å². The van der Waals surface area contributed by atoms with Gasteiger partial charge in [0.15, 0.2) is 5.79 Å². The van der Waals surface area contributed by atoms with Crippen molar-refractivity contribution in [2.24, 2.45) is 5.92 Å². The molecular formula is C7H12O3. The molecule has 3 heteroatoms. The second-order valence-electron chi connectivity index (χ2n) is 3.35. The maximum Gasteiger partial charge on any atom is 0.165 e. The molecule has 2 N–H and O–H groups in total. The maximum atomic E-state index is 9.18. The SMILES string of the molecule is OC1(O)CC2CCOC2C1. The molecule has 2 atom stereocenters. The van der Waals surface area contributed by atoms with Crippen LogP contribution in [0.25, 0.3) is 0 Å². The van der Waals surface area contributed by atoms with Crippen LogP contribution in [-0.2, 0) is 4.74 Å². The van der Waals surface area contributed by atoms with E-state index in [4.69, 9.17) is 4.74 Å². The third kappa shape index (κ3) is 0.944. The summed E-state index contributed by atoms with van der Waals surface area (Å²) in [6.07, 6.45) is 2.01. The molecule has 2 unspecified atom stereocenters. The van der Waals surface area contributed by atoms with E-state index < -0.39 is 5.79 Å². The lowest BCUT2D eigenvalue weighted by atomic mass is 10.1. The maximum absolute atomic E-state index is 9.18. The van der Waals surface area contributed by atoms with Crippen LogP contribution in [0.5, 0.6) is 0 Å². The Morgan fingerprint density at radius 1 is 1.30 bits per heavy atom. The summed E-state index contributed by atoms with van der Waals surface area (Å²) in [6, 6.07) is 0. The highest BCUT2D eigenvalue weighted by molar-refractivity contribution is 4.91. The van der Waals surface area contributed by atoms with Crippen LogP contribution in [0.1, 0.15) is 19.3 Å². The first-order chi connectivity index (χ1) is 4.67. The van der Waals surface area contributed by atoms with Crippen molar-refractivity contribution in [3.8, 4) is 0 Å². The van der Waals surface area contributed by atoms with Crippen LogP contribution in [-0.4, -0.2) is 28.7 Å². The van der Waals surface area contributed by atoms with Crippen molar-refractivity contribution >= 4 is 0 Å². The van der Waals surface area contributed by atoms with Crippen molar-refractivity contribution in [1.29, 1.82) is 0 Å². The third-order valence-electron chi connectivity index (χ3n) is 2.46. The van der Waals surface area contributed by atoms with Crippen molar-refractivity contribution in [2.75, 3.05) is 6.61 Å². The molecule has 1 aliphatic heterocycles. The fourth-order valence-corrected chi connectivity index (χ4v) is 1.98. The molecule has 0 amide bonds. The first kappa shape index (κ1) is 6.58. The molecule has 58 valence electrons. The average molecular weight is 144 g/mol. The Balaban J connectivity index is 2.07. The lowest BCUT2D eigenvalue weighted by Crippen LogP contribution is -2.25. The van der Waals surface area contributed by atoms with Crippen LogP contribution in [0.4, 0.5) is 0 Å². The minimum absolute atomic E-state index is 0.120. The van der Waals surface area contributed by atoms with E-state index in [9.17, 15) is 10.2 Å². The molecule has 10 heavy (non-hydrogen) atoms. The van der Waals surface area contributed by atoms with Gasteiger partial charge in [0.05, 0.1) is 6.10 Å². The lowest BCUT2D eigenvalue weighted by Gasteiger charge is -2.14. The molecule has 2 aliphatic rings. The monoisotopic (exact) mass is 144 g/mol. The zero-order valence-corrected chi connectivity index (χ0v) is 5.79. The molecule has 0 aromatic heterocycles. The Bertz CT molecular complexity index is 130. The highest BCUT2D eigenvalue weighted by Crippen LogP contribution is 2.40. The summed E-state index contributed by atoms with van der Waals surface area (Å²) in [7, 11) is 0. The molecule has 1 saturated carbocycles. The van der Waals surface area contributed by atoms with Crippen LogP contribution in [0.15, 0.2) is 0 Å². The number of rotatable bonds is 0. The second kappa shape index (κ2) is 1.94. The van der Waals surface area contributed by atoms with Crippen molar-refractivity contribution in [1.82, 2.24) is 0 Å². The molecule has 0 radical (unpaired) electrons. The van der Waals surface area contributed by atoms with Gasteiger partial charge in [-0.25, -0.2) is 0 Å².